The quantitative estimate of drug-likeness (QED) is 0.299. The Morgan fingerprint density at radius 3 is 2.48 bits per heavy atom. The van der Waals surface area contributed by atoms with Gasteiger partial charge in [-0.05, 0) is 73.6 Å². The van der Waals surface area contributed by atoms with Gasteiger partial charge < -0.3 is 20.5 Å². The van der Waals surface area contributed by atoms with Crippen LogP contribution in [0.1, 0.15) is 41.4 Å². The number of carbonyl (C=O) groups is 2. The van der Waals surface area contributed by atoms with Gasteiger partial charge in [0.25, 0.3) is 5.91 Å². The maximum absolute atomic E-state index is 12.9. The first-order chi connectivity index (χ1) is 14.9. The van der Waals surface area contributed by atoms with Crippen molar-refractivity contribution in [2.75, 3.05) is 6.61 Å². The number of carboxylic acids is 1. The maximum Gasteiger partial charge on any atom is 0.335 e. The van der Waals surface area contributed by atoms with Gasteiger partial charge in [-0.25, -0.2) is 10.2 Å². The van der Waals surface area contributed by atoms with Crippen LogP contribution in [0.4, 0.5) is 0 Å². The molecule has 4 N–H and O–H groups in total. The molecule has 8 nitrogen and oxygen atoms in total. The zero-order valence-corrected chi connectivity index (χ0v) is 17.8. The van der Waals surface area contributed by atoms with Gasteiger partial charge in [0, 0.05) is 5.70 Å². The average Bonchev–Trinajstić information content (AvgIpc) is 2.74. The molecule has 0 bridgehead atoms. The Bertz CT molecular complexity index is 1050. The fourth-order valence-electron chi connectivity index (χ4n) is 3.11. The molecule has 0 aliphatic carbocycles. The van der Waals surface area contributed by atoms with Crippen molar-refractivity contribution in [2.24, 2.45) is 5.10 Å². The van der Waals surface area contributed by atoms with Gasteiger partial charge in [-0.15, -0.1) is 0 Å². The Morgan fingerprint density at radius 2 is 1.87 bits per heavy atom. The Balaban J connectivity index is 1.77. The van der Waals surface area contributed by atoms with E-state index in [-0.39, 0.29) is 5.56 Å². The molecule has 0 aromatic heterocycles. The second-order valence-corrected chi connectivity index (χ2v) is 7.11. The summed E-state index contributed by atoms with van der Waals surface area (Å²) in [6.07, 6.45) is 1.54. The molecule has 9 heteroatoms. The summed E-state index contributed by atoms with van der Waals surface area (Å²) >= 11 is 5.23. The van der Waals surface area contributed by atoms with Crippen LogP contribution in [0.5, 0.6) is 5.75 Å². The fraction of sp³-hybridized carbons (Fsp3) is 0.182. The van der Waals surface area contributed by atoms with E-state index < -0.39 is 17.9 Å². The number of benzene rings is 2. The summed E-state index contributed by atoms with van der Waals surface area (Å²) < 4.78 is 5.40. The van der Waals surface area contributed by atoms with E-state index >= 15 is 0 Å². The summed E-state index contributed by atoms with van der Waals surface area (Å²) in [5.74, 6) is -0.667. The lowest BCUT2D eigenvalue weighted by atomic mass is 9.94. The standard InChI is InChI=1S/C22H22N4O4S/c1-3-30-17-10-4-14(5-11-17)12-23-26-20(27)18-13(2)24-22(31)25-19(18)15-6-8-16(9-7-15)21(28)29/h4-12,19H,3H2,1-2H3,(H,26,27)(H,28,29)(H2,24,25,31)/b23-12+. The van der Waals surface area contributed by atoms with Crippen molar-refractivity contribution < 1.29 is 19.4 Å². The first-order valence-corrected chi connectivity index (χ1v) is 9.97. The smallest absolute Gasteiger partial charge is 0.335 e. The van der Waals surface area contributed by atoms with Crippen LogP contribution in [0, 0.1) is 0 Å². The molecular weight excluding hydrogens is 416 g/mol. The predicted molar refractivity (Wildman–Crippen MR) is 121 cm³/mol. The molecule has 1 atom stereocenters. The van der Waals surface area contributed by atoms with Gasteiger partial charge >= 0.3 is 5.97 Å². The van der Waals surface area contributed by atoms with Gasteiger partial charge in [-0.1, -0.05) is 12.1 Å². The largest absolute Gasteiger partial charge is 0.494 e. The number of hydrogen-bond donors (Lipinski definition) is 4. The number of hydrogen-bond acceptors (Lipinski definition) is 5. The van der Waals surface area contributed by atoms with E-state index in [1.54, 1.807) is 19.1 Å². The van der Waals surface area contributed by atoms with Gasteiger partial charge in [0.1, 0.15) is 5.75 Å². The monoisotopic (exact) mass is 438 g/mol. The average molecular weight is 439 g/mol. The Hall–Kier alpha value is -3.72. The van der Waals surface area contributed by atoms with Gasteiger partial charge in [0.15, 0.2) is 5.11 Å². The molecule has 0 spiro atoms. The molecule has 1 heterocycles. The molecule has 0 radical (unpaired) electrons. The summed E-state index contributed by atoms with van der Waals surface area (Å²) in [4.78, 5) is 24.0. The summed E-state index contributed by atoms with van der Waals surface area (Å²) in [6.45, 7) is 4.25. The van der Waals surface area contributed by atoms with Gasteiger partial charge in [0.05, 0.1) is 30.0 Å². The number of ether oxygens (including phenoxy) is 1. The lowest BCUT2D eigenvalue weighted by Crippen LogP contribution is -2.46. The minimum atomic E-state index is -1.02. The fourth-order valence-corrected chi connectivity index (χ4v) is 3.38. The third-order valence-corrected chi connectivity index (χ3v) is 4.80. The normalized spacial score (nSPS) is 15.9. The molecule has 0 fully saturated rings. The van der Waals surface area contributed by atoms with E-state index in [1.807, 2.05) is 31.2 Å². The highest BCUT2D eigenvalue weighted by molar-refractivity contribution is 7.80. The number of thiocarbonyl (C=S) groups is 1. The van der Waals surface area contributed by atoms with Crippen LogP contribution >= 0.6 is 12.2 Å². The first kappa shape index (κ1) is 22.0. The number of hydrazone groups is 1. The van der Waals surface area contributed by atoms with Crippen molar-refractivity contribution in [1.29, 1.82) is 0 Å². The van der Waals surface area contributed by atoms with E-state index in [1.165, 1.54) is 18.3 Å². The number of amides is 1. The SMILES string of the molecule is CCOc1ccc(/C=N/NC(=O)C2=C(C)NC(=S)NC2c2ccc(C(=O)O)cc2)cc1. The van der Waals surface area contributed by atoms with Gasteiger partial charge in [0.2, 0.25) is 0 Å². The zero-order valence-electron chi connectivity index (χ0n) is 17.0. The number of aromatic carboxylic acids is 1. The van der Waals surface area contributed by atoms with Crippen LogP contribution in [0.2, 0.25) is 0 Å². The van der Waals surface area contributed by atoms with Crippen LogP contribution in [0.3, 0.4) is 0 Å². The van der Waals surface area contributed by atoms with Crippen molar-refractivity contribution in [3.8, 4) is 5.75 Å². The molecule has 1 unspecified atom stereocenters. The third-order valence-electron chi connectivity index (χ3n) is 4.58. The third kappa shape index (κ3) is 5.46. The zero-order chi connectivity index (χ0) is 22.4. The van der Waals surface area contributed by atoms with Crippen LogP contribution in [-0.4, -0.2) is 34.9 Å². The Morgan fingerprint density at radius 1 is 1.19 bits per heavy atom. The summed E-state index contributed by atoms with van der Waals surface area (Å²) in [5.41, 5.74) is 5.19. The molecule has 1 aliphatic rings. The molecule has 1 amide bonds. The van der Waals surface area contributed by atoms with Crippen molar-refractivity contribution in [3.63, 3.8) is 0 Å². The number of carbonyl (C=O) groups excluding carboxylic acids is 1. The minimum Gasteiger partial charge on any atom is -0.494 e. The Labute approximate surface area is 185 Å². The number of nitrogens with one attached hydrogen (secondary N) is 3. The van der Waals surface area contributed by atoms with E-state index in [0.29, 0.717) is 28.6 Å². The topological polar surface area (TPSA) is 112 Å². The van der Waals surface area contributed by atoms with Crippen molar-refractivity contribution in [1.82, 2.24) is 16.1 Å². The first-order valence-electron chi connectivity index (χ1n) is 9.57. The number of allylic oxidation sites excluding steroid dienone is 1. The molecule has 160 valence electrons. The van der Waals surface area contributed by atoms with Crippen molar-refractivity contribution in [3.05, 3.63) is 76.5 Å². The lowest BCUT2D eigenvalue weighted by Gasteiger charge is -2.30. The molecule has 2 aromatic rings. The van der Waals surface area contributed by atoms with E-state index in [2.05, 4.69) is 21.2 Å². The molecule has 3 rings (SSSR count). The predicted octanol–water partition coefficient (Wildman–Crippen LogP) is 2.73. The minimum absolute atomic E-state index is 0.159. The van der Waals surface area contributed by atoms with Crippen molar-refractivity contribution in [2.45, 2.75) is 19.9 Å². The molecule has 0 saturated heterocycles. The molecule has 0 saturated carbocycles. The molecular formula is C22H22N4O4S. The summed E-state index contributed by atoms with van der Waals surface area (Å²) in [7, 11) is 0. The van der Waals surface area contributed by atoms with E-state index in [9.17, 15) is 9.59 Å². The Kier molecular flexibility index (Phi) is 6.99. The highest BCUT2D eigenvalue weighted by Crippen LogP contribution is 2.27. The molecule has 31 heavy (non-hydrogen) atoms. The van der Waals surface area contributed by atoms with Crippen LogP contribution in [0.15, 0.2) is 64.9 Å². The van der Waals surface area contributed by atoms with Gasteiger partial charge in [-0.3, -0.25) is 4.79 Å². The van der Waals surface area contributed by atoms with E-state index in [0.717, 1.165) is 11.3 Å². The molecule has 1 aliphatic heterocycles. The summed E-state index contributed by atoms with van der Waals surface area (Å²) in [6, 6.07) is 13.0. The van der Waals surface area contributed by atoms with Crippen molar-refractivity contribution >= 4 is 35.4 Å². The van der Waals surface area contributed by atoms with E-state index in [4.69, 9.17) is 22.1 Å². The van der Waals surface area contributed by atoms with Crippen LogP contribution < -0.4 is 20.8 Å². The lowest BCUT2D eigenvalue weighted by molar-refractivity contribution is -0.117. The highest BCUT2D eigenvalue weighted by Gasteiger charge is 2.29. The van der Waals surface area contributed by atoms with Crippen LogP contribution in [-0.2, 0) is 4.79 Å². The molecule has 2 aromatic carbocycles. The number of carboxylic acid groups (broad SMARTS) is 1. The maximum atomic E-state index is 12.9. The number of nitrogens with zero attached hydrogens (tertiary/aromatic N) is 1. The number of rotatable bonds is 7. The van der Waals surface area contributed by atoms with Crippen LogP contribution in [0.25, 0.3) is 0 Å². The summed E-state index contributed by atoms with van der Waals surface area (Å²) in [5, 5.41) is 19.5. The second-order valence-electron chi connectivity index (χ2n) is 6.70. The highest BCUT2D eigenvalue weighted by atomic mass is 32.1. The van der Waals surface area contributed by atoms with Gasteiger partial charge in [-0.2, -0.15) is 5.10 Å². The second kappa shape index (κ2) is 9.86.